The van der Waals surface area contributed by atoms with Gasteiger partial charge in [0, 0.05) is 21.9 Å². The number of para-hydroxylation sites is 1. The first kappa shape index (κ1) is 31.2. The zero-order valence-electron chi connectivity index (χ0n) is 29.8. The van der Waals surface area contributed by atoms with E-state index >= 15 is 0 Å². The Labute approximate surface area is 317 Å². The molecule has 4 heteroatoms. The number of hydrogen-bond donors (Lipinski definition) is 1. The lowest BCUT2D eigenvalue weighted by atomic mass is 9.92. The molecule has 0 radical (unpaired) electrons. The van der Waals surface area contributed by atoms with E-state index in [1.165, 1.54) is 37.9 Å². The van der Waals surface area contributed by atoms with Crippen molar-refractivity contribution in [2.24, 2.45) is 9.98 Å². The minimum atomic E-state index is -0.386. The van der Waals surface area contributed by atoms with Gasteiger partial charge in [0.05, 0.1) is 0 Å². The molecule has 0 bridgehead atoms. The molecule has 55 heavy (non-hydrogen) atoms. The molecule has 11 rings (SSSR count). The van der Waals surface area contributed by atoms with Gasteiger partial charge in [-0.3, -0.25) is 0 Å². The number of fused-ring (bicyclic) bond motifs is 6. The third kappa shape index (κ3) is 5.38. The summed E-state index contributed by atoms with van der Waals surface area (Å²) in [6.07, 6.45) is -0.386. The molecule has 0 amide bonds. The summed E-state index contributed by atoms with van der Waals surface area (Å²) >= 11 is 0. The third-order valence-corrected chi connectivity index (χ3v) is 10.9. The molecular formula is C51H33N3O. The van der Waals surface area contributed by atoms with Crippen LogP contribution in [-0.2, 0) is 0 Å². The Morgan fingerprint density at radius 1 is 0.436 bits per heavy atom. The highest BCUT2D eigenvalue weighted by Gasteiger charge is 2.27. The average molecular weight is 704 g/mol. The van der Waals surface area contributed by atoms with Gasteiger partial charge >= 0.3 is 0 Å². The summed E-state index contributed by atoms with van der Waals surface area (Å²) in [5, 5.41) is 13.1. The maximum Gasteiger partial charge on any atom is 0.159 e. The molecule has 1 atom stereocenters. The third-order valence-electron chi connectivity index (χ3n) is 10.9. The van der Waals surface area contributed by atoms with Gasteiger partial charge < -0.3 is 9.73 Å². The Hall–Kier alpha value is -7.30. The van der Waals surface area contributed by atoms with Crippen molar-refractivity contribution >= 4 is 65.9 Å². The molecule has 1 unspecified atom stereocenters. The van der Waals surface area contributed by atoms with Crippen LogP contribution in [0.5, 0.6) is 0 Å². The maximum absolute atomic E-state index is 6.49. The number of nitrogens with zero attached hydrogens (tertiary/aromatic N) is 2. The monoisotopic (exact) mass is 703 g/mol. The van der Waals surface area contributed by atoms with Crippen LogP contribution in [0.4, 0.5) is 0 Å². The molecule has 1 aliphatic heterocycles. The van der Waals surface area contributed by atoms with Crippen molar-refractivity contribution < 1.29 is 4.42 Å². The molecule has 0 spiro atoms. The van der Waals surface area contributed by atoms with E-state index in [0.717, 1.165) is 61.2 Å². The zero-order chi connectivity index (χ0) is 36.3. The Morgan fingerprint density at radius 3 is 1.89 bits per heavy atom. The molecule has 0 aliphatic carbocycles. The van der Waals surface area contributed by atoms with Gasteiger partial charge in [-0.05, 0) is 90.5 Å². The average Bonchev–Trinajstić information content (AvgIpc) is 3.64. The van der Waals surface area contributed by atoms with Gasteiger partial charge in [0.1, 0.15) is 23.2 Å². The smallest absolute Gasteiger partial charge is 0.159 e. The zero-order valence-corrected chi connectivity index (χ0v) is 29.8. The van der Waals surface area contributed by atoms with Gasteiger partial charge in [-0.1, -0.05) is 158 Å². The Morgan fingerprint density at radius 2 is 1.07 bits per heavy atom. The Kier molecular flexibility index (Phi) is 7.20. The van der Waals surface area contributed by atoms with E-state index in [1.54, 1.807) is 0 Å². The first-order valence-corrected chi connectivity index (χ1v) is 18.7. The van der Waals surface area contributed by atoms with Crippen molar-refractivity contribution in [1.82, 2.24) is 5.32 Å². The Bertz CT molecular complexity index is 3180. The predicted molar refractivity (Wildman–Crippen MR) is 229 cm³/mol. The summed E-state index contributed by atoms with van der Waals surface area (Å²) in [5.74, 6) is 1.42. The largest absolute Gasteiger partial charge is 0.456 e. The highest BCUT2D eigenvalue weighted by molar-refractivity contribution is 6.25. The van der Waals surface area contributed by atoms with E-state index in [9.17, 15) is 0 Å². The van der Waals surface area contributed by atoms with Gasteiger partial charge in [-0.15, -0.1) is 0 Å². The molecule has 4 nitrogen and oxygen atoms in total. The fourth-order valence-corrected chi connectivity index (χ4v) is 8.19. The van der Waals surface area contributed by atoms with Crippen molar-refractivity contribution in [1.29, 1.82) is 0 Å². The lowest BCUT2D eigenvalue weighted by Gasteiger charge is -2.25. The molecule has 1 N–H and O–H groups in total. The van der Waals surface area contributed by atoms with E-state index in [2.05, 4.69) is 181 Å². The number of nitrogens with one attached hydrogen (secondary N) is 1. The molecule has 1 aromatic heterocycles. The van der Waals surface area contributed by atoms with Crippen LogP contribution >= 0.6 is 0 Å². The summed E-state index contributed by atoms with van der Waals surface area (Å²) in [6.45, 7) is 0. The van der Waals surface area contributed by atoms with Gasteiger partial charge in [-0.2, -0.15) is 0 Å². The lowest BCUT2D eigenvalue weighted by molar-refractivity contribution is 0.668. The fraction of sp³-hybridized carbons (Fsp3) is 0.0196. The SMILES string of the molecule is c1ccc2cc(-c3ccc4oc5ccccc5c4c3C3=NC(c4ccc(-c5cccc6ccccc56)cc4)=NC(c4ccc5ccccc5c4)N3)ccc2c1. The first-order chi connectivity index (χ1) is 27.2. The summed E-state index contributed by atoms with van der Waals surface area (Å²) in [5.41, 5.74) is 9.19. The second-order valence-electron chi connectivity index (χ2n) is 14.2. The van der Waals surface area contributed by atoms with E-state index in [4.69, 9.17) is 14.4 Å². The molecule has 0 saturated heterocycles. The van der Waals surface area contributed by atoms with E-state index in [0.29, 0.717) is 5.84 Å². The summed E-state index contributed by atoms with van der Waals surface area (Å²) in [4.78, 5) is 10.7. The second kappa shape index (κ2) is 12.7. The number of furan rings is 1. The maximum atomic E-state index is 6.49. The molecule has 1 aliphatic rings. The van der Waals surface area contributed by atoms with Crippen molar-refractivity contribution in [2.45, 2.75) is 6.17 Å². The quantitative estimate of drug-likeness (QED) is 0.194. The van der Waals surface area contributed by atoms with Crippen LogP contribution in [0.3, 0.4) is 0 Å². The molecule has 9 aromatic carbocycles. The minimum Gasteiger partial charge on any atom is -0.456 e. The van der Waals surface area contributed by atoms with Gasteiger partial charge in [0.2, 0.25) is 0 Å². The number of amidine groups is 2. The van der Waals surface area contributed by atoms with Gasteiger partial charge in [0.25, 0.3) is 0 Å². The highest BCUT2D eigenvalue weighted by atomic mass is 16.3. The lowest BCUT2D eigenvalue weighted by Crippen LogP contribution is -2.34. The van der Waals surface area contributed by atoms with E-state index in [-0.39, 0.29) is 6.17 Å². The molecule has 0 fully saturated rings. The van der Waals surface area contributed by atoms with Crippen LogP contribution in [0.15, 0.2) is 202 Å². The molecule has 10 aromatic rings. The van der Waals surface area contributed by atoms with Crippen molar-refractivity contribution in [3.8, 4) is 22.3 Å². The topological polar surface area (TPSA) is 49.9 Å². The van der Waals surface area contributed by atoms with E-state index in [1.807, 2.05) is 12.1 Å². The summed E-state index contributed by atoms with van der Waals surface area (Å²) < 4.78 is 6.49. The molecule has 0 saturated carbocycles. The first-order valence-electron chi connectivity index (χ1n) is 18.7. The van der Waals surface area contributed by atoms with Crippen LogP contribution in [0.25, 0.3) is 76.5 Å². The van der Waals surface area contributed by atoms with Crippen molar-refractivity contribution in [3.63, 3.8) is 0 Å². The Balaban J connectivity index is 1.12. The normalized spacial score (nSPS) is 14.4. The summed E-state index contributed by atoms with van der Waals surface area (Å²) in [7, 11) is 0. The fourth-order valence-electron chi connectivity index (χ4n) is 8.19. The molecule has 258 valence electrons. The standard InChI is InChI=1S/C51H33N3O/c1-3-13-37-30-39(26-20-32(37)10-1)43-28-29-46-47(44-17-7-8-19-45(44)55-46)48(43)51-53-49(52-50(54-51)40-27-21-33-11-2-4-14-38(33)31-40)36-24-22-35(23-25-36)42-18-9-15-34-12-5-6-16-41(34)42/h1-31,50H,(H,52,53,54). The van der Waals surface area contributed by atoms with Crippen LogP contribution in [0.1, 0.15) is 22.9 Å². The van der Waals surface area contributed by atoms with Crippen LogP contribution in [-0.4, -0.2) is 11.7 Å². The van der Waals surface area contributed by atoms with Crippen LogP contribution in [0, 0.1) is 0 Å². The van der Waals surface area contributed by atoms with E-state index < -0.39 is 0 Å². The number of aliphatic imine (C=N–C) groups is 2. The minimum absolute atomic E-state index is 0.386. The highest BCUT2D eigenvalue weighted by Crippen LogP contribution is 2.39. The van der Waals surface area contributed by atoms with Gasteiger partial charge in [-0.25, -0.2) is 9.98 Å². The number of benzene rings is 9. The number of rotatable bonds is 5. The van der Waals surface area contributed by atoms with Crippen LogP contribution < -0.4 is 5.32 Å². The van der Waals surface area contributed by atoms with Gasteiger partial charge in [0.15, 0.2) is 5.84 Å². The van der Waals surface area contributed by atoms with Crippen molar-refractivity contribution in [3.05, 3.63) is 205 Å². The van der Waals surface area contributed by atoms with Crippen molar-refractivity contribution in [2.75, 3.05) is 0 Å². The predicted octanol–water partition coefficient (Wildman–Crippen LogP) is 12.9. The number of hydrogen-bond acceptors (Lipinski definition) is 4. The van der Waals surface area contributed by atoms with Crippen LogP contribution in [0.2, 0.25) is 0 Å². The molecule has 2 heterocycles. The summed E-state index contributed by atoms with van der Waals surface area (Å²) in [6, 6.07) is 66.4. The second-order valence-corrected chi connectivity index (χ2v) is 14.2. The molecular weight excluding hydrogens is 671 g/mol.